The molecule has 0 aliphatic heterocycles. The van der Waals surface area contributed by atoms with Crippen molar-refractivity contribution >= 4 is 0 Å². The predicted molar refractivity (Wildman–Crippen MR) is 128 cm³/mol. The van der Waals surface area contributed by atoms with Crippen molar-refractivity contribution in [3.63, 3.8) is 0 Å². The molecular formula is C28H41NO. The van der Waals surface area contributed by atoms with Gasteiger partial charge in [0.05, 0.1) is 18.5 Å². The van der Waals surface area contributed by atoms with Gasteiger partial charge in [0.2, 0.25) is 0 Å². The Balaban J connectivity index is 1.41. The van der Waals surface area contributed by atoms with Gasteiger partial charge in [0, 0.05) is 5.56 Å². The second-order valence-electron chi connectivity index (χ2n) is 9.17. The van der Waals surface area contributed by atoms with Crippen molar-refractivity contribution in [2.24, 2.45) is 11.8 Å². The van der Waals surface area contributed by atoms with Gasteiger partial charge in [-0.15, -0.1) is 0 Å². The first-order valence-corrected chi connectivity index (χ1v) is 12.5. The van der Waals surface area contributed by atoms with Gasteiger partial charge in [-0.3, -0.25) is 4.98 Å². The fourth-order valence-corrected chi connectivity index (χ4v) is 4.67. The van der Waals surface area contributed by atoms with Crippen molar-refractivity contribution in [3.05, 3.63) is 48.2 Å². The van der Waals surface area contributed by atoms with Crippen molar-refractivity contribution in [2.45, 2.75) is 90.9 Å². The van der Waals surface area contributed by atoms with Gasteiger partial charge in [-0.25, -0.2) is 0 Å². The first-order valence-electron chi connectivity index (χ1n) is 12.5. The lowest BCUT2D eigenvalue weighted by Crippen LogP contribution is -2.14. The summed E-state index contributed by atoms with van der Waals surface area (Å²) in [5, 5.41) is 0. The highest BCUT2D eigenvalue weighted by atomic mass is 16.5. The van der Waals surface area contributed by atoms with Gasteiger partial charge in [0.15, 0.2) is 0 Å². The Morgan fingerprint density at radius 3 is 2.23 bits per heavy atom. The molecule has 0 atom stereocenters. The molecule has 1 aromatic carbocycles. The third kappa shape index (κ3) is 7.45. The summed E-state index contributed by atoms with van der Waals surface area (Å²) >= 11 is 0. The van der Waals surface area contributed by atoms with Crippen LogP contribution in [0.4, 0.5) is 0 Å². The molecule has 0 spiro atoms. The summed E-state index contributed by atoms with van der Waals surface area (Å²) in [6.07, 6.45) is 17.9. The number of hydrogen-bond acceptors (Lipinski definition) is 2. The molecule has 0 unspecified atom stereocenters. The molecule has 1 heterocycles. The van der Waals surface area contributed by atoms with Crippen LogP contribution in [0.5, 0.6) is 5.75 Å². The van der Waals surface area contributed by atoms with Crippen LogP contribution in [-0.4, -0.2) is 11.6 Å². The molecule has 1 aliphatic carbocycles. The van der Waals surface area contributed by atoms with E-state index in [1.807, 2.05) is 6.20 Å². The molecule has 1 fully saturated rings. The molecule has 2 nitrogen and oxygen atoms in total. The number of unbranched alkanes of at least 4 members (excludes halogenated alkanes) is 4. The Hall–Kier alpha value is -1.83. The zero-order chi connectivity index (χ0) is 21.0. The van der Waals surface area contributed by atoms with Crippen LogP contribution in [0.2, 0.25) is 0 Å². The highest BCUT2D eigenvalue weighted by Gasteiger charge is 2.19. The number of benzene rings is 1. The predicted octanol–water partition coefficient (Wildman–Crippen LogP) is 8.25. The largest absolute Gasteiger partial charge is 0.492 e. The highest BCUT2D eigenvalue weighted by Crippen LogP contribution is 2.33. The molecule has 0 bridgehead atoms. The Labute approximate surface area is 184 Å². The Morgan fingerprint density at radius 1 is 0.833 bits per heavy atom. The molecule has 30 heavy (non-hydrogen) atoms. The van der Waals surface area contributed by atoms with Crippen LogP contribution in [-0.2, 0) is 6.42 Å². The number of pyridine rings is 1. The van der Waals surface area contributed by atoms with Crippen LogP contribution in [0.1, 0.15) is 90.0 Å². The molecule has 0 amide bonds. The van der Waals surface area contributed by atoms with Gasteiger partial charge < -0.3 is 4.74 Å². The lowest BCUT2D eigenvalue weighted by atomic mass is 9.78. The van der Waals surface area contributed by atoms with Crippen LogP contribution in [0.15, 0.2) is 42.6 Å². The first-order chi connectivity index (χ1) is 14.8. The SMILES string of the molecule is CCCCCCCOc1ccc(-c2ccc(CCC3CCC(CC)CC3)cc2)nc1. The highest BCUT2D eigenvalue weighted by molar-refractivity contribution is 5.59. The molecule has 0 N–H and O–H groups in total. The topological polar surface area (TPSA) is 22.1 Å². The molecule has 1 aliphatic rings. The lowest BCUT2D eigenvalue weighted by molar-refractivity contribution is 0.259. The summed E-state index contributed by atoms with van der Waals surface area (Å²) < 4.78 is 5.84. The second-order valence-corrected chi connectivity index (χ2v) is 9.17. The second kappa shape index (κ2) is 12.8. The molecule has 164 valence electrons. The van der Waals surface area contributed by atoms with Crippen LogP contribution >= 0.6 is 0 Å². The van der Waals surface area contributed by atoms with E-state index < -0.39 is 0 Å². The van der Waals surface area contributed by atoms with Gasteiger partial charge in [-0.1, -0.05) is 95.9 Å². The number of ether oxygens (including phenoxy) is 1. The monoisotopic (exact) mass is 407 g/mol. The molecule has 2 heteroatoms. The zero-order valence-corrected chi connectivity index (χ0v) is 19.2. The number of aryl methyl sites for hydroxylation is 1. The van der Waals surface area contributed by atoms with E-state index in [0.29, 0.717) is 0 Å². The fourth-order valence-electron chi connectivity index (χ4n) is 4.67. The Kier molecular flexibility index (Phi) is 9.73. The maximum absolute atomic E-state index is 5.84. The van der Waals surface area contributed by atoms with Crippen molar-refractivity contribution in [2.75, 3.05) is 6.61 Å². The first kappa shape index (κ1) is 22.8. The molecule has 0 saturated heterocycles. The summed E-state index contributed by atoms with van der Waals surface area (Å²) in [5.74, 6) is 2.81. The van der Waals surface area contributed by atoms with Gasteiger partial charge in [0.1, 0.15) is 5.75 Å². The quantitative estimate of drug-likeness (QED) is 0.330. The van der Waals surface area contributed by atoms with E-state index >= 15 is 0 Å². The molecule has 0 radical (unpaired) electrons. The smallest absolute Gasteiger partial charge is 0.137 e. The maximum Gasteiger partial charge on any atom is 0.137 e. The zero-order valence-electron chi connectivity index (χ0n) is 19.2. The average molecular weight is 408 g/mol. The summed E-state index contributed by atoms with van der Waals surface area (Å²) in [6.45, 7) is 5.38. The maximum atomic E-state index is 5.84. The van der Waals surface area contributed by atoms with Crippen molar-refractivity contribution in [1.82, 2.24) is 4.98 Å². The van der Waals surface area contributed by atoms with Crippen molar-refractivity contribution in [3.8, 4) is 17.0 Å². The fraction of sp³-hybridized carbons (Fsp3) is 0.607. The van der Waals surface area contributed by atoms with E-state index in [-0.39, 0.29) is 0 Å². The summed E-state index contributed by atoms with van der Waals surface area (Å²) in [6, 6.07) is 13.1. The van der Waals surface area contributed by atoms with Crippen molar-refractivity contribution in [1.29, 1.82) is 0 Å². The number of nitrogens with zero attached hydrogens (tertiary/aromatic N) is 1. The number of hydrogen-bond donors (Lipinski definition) is 0. The number of aromatic nitrogens is 1. The van der Waals surface area contributed by atoms with Crippen molar-refractivity contribution < 1.29 is 4.74 Å². The minimum atomic E-state index is 0.791. The number of rotatable bonds is 12. The van der Waals surface area contributed by atoms with E-state index in [0.717, 1.165) is 36.3 Å². The summed E-state index contributed by atoms with van der Waals surface area (Å²) in [4.78, 5) is 4.62. The Bertz CT molecular complexity index is 698. The molecule has 2 aromatic rings. The molecule has 3 rings (SSSR count). The van der Waals surface area contributed by atoms with Crippen LogP contribution in [0.25, 0.3) is 11.3 Å². The minimum absolute atomic E-state index is 0.791. The average Bonchev–Trinajstić information content (AvgIpc) is 2.81. The van der Waals surface area contributed by atoms with Gasteiger partial charge >= 0.3 is 0 Å². The summed E-state index contributed by atoms with van der Waals surface area (Å²) in [5.41, 5.74) is 3.67. The van der Waals surface area contributed by atoms with Gasteiger partial charge in [-0.2, -0.15) is 0 Å². The standard InChI is InChI=1S/C28H41NO/c1-3-5-6-7-8-21-30-27-19-20-28(29-22-27)26-17-15-25(16-18-26)14-13-24-11-9-23(4-2)10-12-24/h15-20,22-24H,3-14,21H2,1-2H3. The lowest BCUT2D eigenvalue weighted by Gasteiger charge is -2.27. The van der Waals surface area contributed by atoms with Crippen LogP contribution < -0.4 is 4.74 Å². The molecule has 1 aromatic heterocycles. The third-order valence-corrected chi connectivity index (χ3v) is 6.89. The van der Waals surface area contributed by atoms with Gasteiger partial charge in [-0.05, 0) is 48.8 Å². The van der Waals surface area contributed by atoms with Crippen LogP contribution in [0.3, 0.4) is 0 Å². The normalized spacial score (nSPS) is 19.0. The third-order valence-electron chi connectivity index (χ3n) is 6.89. The van der Waals surface area contributed by atoms with E-state index in [2.05, 4.69) is 55.2 Å². The van der Waals surface area contributed by atoms with E-state index in [9.17, 15) is 0 Å². The minimum Gasteiger partial charge on any atom is -0.492 e. The van der Waals surface area contributed by atoms with E-state index in [1.54, 1.807) is 0 Å². The van der Waals surface area contributed by atoms with Crippen LogP contribution in [0, 0.1) is 11.8 Å². The molecule has 1 saturated carbocycles. The van der Waals surface area contributed by atoms with E-state index in [1.165, 1.54) is 81.8 Å². The Morgan fingerprint density at radius 2 is 1.57 bits per heavy atom. The van der Waals surface area contributed by atoms with E-state index in [4.69, 9.17) is 4.74 Å². The summed E-state index contributed by atoms with van der Waals surface area (Å²) in [7, 11) is 0. The van der Waals surface area contributed by atoms with Gasteiger partial charge in [0.25, 0.3) is 0 Å². The molecular weight excluding hydrogens is 366 g/mol.